The molecular weight excluding hydrogens is 737 g/mol. The van der Waals surface area contributed by atoms with Crippen molar-refractivity contribution in [3.8, 4) is 0 Å². The maximum absolute atomic E-state index is 12.6. The number of unbranched alkanes of at least 4 members (excludes halogenated alkanes) is 25. The monoisotopic (exact) mass is 826 g/mol. The van der Waals surface area contributed by atoms with Crippen LogP contribution in [0, 0.1) is 0 Å². The summed E-state index contributed by atoms with van der Waals surface area (Å²) in [5.74, 6) is -0.866. The molecule has 9 nitrogen and oxygen atoms in total. The zero-order chi connectivity index (χ0) is 41.8. The summed E-state index contributed by atoms with van der Waals surface area (Å²) < 4.78 is 32.8. The Morgan fingerprint density at radius 1 is 0.526 bits per heavy atom. The predicted octanol–water partition coefficient (Wildman–Crippen LogP) is 13.7. The minimum absolute atomic E-state index is 0.0490. The van der Waals surface area contributed by atoms with Crippen molar-refractivity contribution < 1.29 is 37.6 Å². The molecule has 0 amide bonds. The number of carbonyl (C=O) groups is 2. The lowest BCUT2D eigenvalue weighted by Gasteiger charge is -2.19. The van der Waals surface area contributed by atoms with Gasteiger partial charge in [0.25, 0.3) is 0 Å². The Morgan fingerprint density at radius 3 is 1.39 bits per heavy atom. The molecule has 0 heterocycles. The summed E-state index contributed by atoms with van der Waals surface area (Å²) in [6.45, 7) is 3.69. The Labute approximate surface area is 350 Å². The zero-order valence-corrected chi connectivity index (χ0v) is 37.7. The Morgan fingerprint density at radius 2 is 0.912 bits per heavy atom. The van der Waals surface area contributed by atoms with Gasteiger partial charge in [0.15, 0.2) is 6.10 Å². The first kappa shape index (κ1) is 55.2. The van der Waals surface area contributed by atoms with E-state index in [0.717, 1.165) is 44.9 Å². The molecule has 0 aromatic heterocycles. The average Bonchev–Trinajstić information content (AvgIpc) is 3.20. The van der Waals surface area contributed by atoms with Crippen molar-refractivity contribution >= 4 is 19.8 Å². The summed E-state index contributed by atoms with van der Waals surface area (Å²) in [6.07, 6.45) is 49.0. The second kappa shape index (κ2) is 43.8. The largest absolute Gasteiger partial charge is 0.472 e. The van der Waals surface area contributed by atoms with Crippen molar-refractivity contribution in [3.63, 3.8) is 0 Å². The van der Waals surface area contributed by atoms with Crippen LogP contribution in [0.3, 0.4) is 0 Å². The van der Waals surface area contributed by atoms with Gasteiger partial charge in [-0.25, -0.2) is 4.57 Å². The van der Waals surface area contributed by atoms with Crippen LogP contribution in [0.15, 0.2) is 36.5 Å². The Bertz CT molecular complexity index is 1030. The van der Waals surface area contributed by atoms with E-state index in [1.54, 1.807) is 0 Å². The van der Waals surface area contributed by atoms with Crippen LogP contribution >= 0.6 is 7.82 Å². The van der Waals surface area contributed by atoms with Gasteiger partial charge >= 0.3 is 19.8 Å². The first-order chi connectivity index (χ1) is 27.8. The molecule has 57 heavy (non-hydrogen) atoms. The third kappa shape index (κ3) is 43.6. The smallest absolute Gasteiger partial charge is 0.462 e. The topological polar surface area (TPSA) is 134 Å². The van der Waals surface area contributed by atoms with Gasteiger partial charge in [-0.05, 0) is 51.4 Å². The van der Waals surface area contributed by atoms with E-state index in [-0.39, 0.29) is 32.6 Å². The van der Waals surface area contributed by atoms with E-state index >= 15 is 0 Å². The molecule has 3 N–H and O–H groups in total. The lowest BCUT2D eigenvalue weighted by Crippen LogP contribution is -2.29. The van der Waals surface area contributed by atoms with Crippen LogP contribution in [-0.2, 0) is 32.7 Å². The summed E-state index contributed by atoms with van der Waals surface area (Å²) in [5, 5.41) is 0. The van der Waals surface area contributed by atoms with E-state index in [1.807, 2.05) is 0 Å². The molecule has 0 aromatic carbocycles. The van der Waals surface area contributed by atoms with Gasteiger partial charge in [-0.3, -0.25) is 18.6 Å². The number of esters is 2. The van der Waals surface area contributed by atoms with Crippen molar-refractivity contribution in [1.82, 2.24) is 0 Å². The van der Waals surface area contributed by atoms with Gasteiger partial charge in [-0.15, -0.1) is 0 Å². The quantitative estimate of drug-likeness (QED) is 0.0266. The number of hydrogen-bond donors (Lipinski definition) is 2. The van der Waals surface area contributed by atoms with Gasteiger partial charge in [0.2, 0.25) is 0 Å². The molecule has 10 heteroatoms. The molecule has 0 bridgehead atoms. The van der Waals surface area contributed by atoms with Crippen molar-refractivity contribution in [2.45, 2.75) is 225 Å². The van der Waals surface area contributed by atoms with Crippen LogP contribution in [0.25, 0.3) is 0 Å². The van der Waals surface area contributed by atoms with Crippen LogP contribution < -0.4 is 5.73 Å². The summed E-state index contributed by atoms with van der Waals surface area (Å²) in [5.41, 5.74) is 5.35. The molecule has 0 spiro atoms. The molecule has 0 saturated heterocycles. The van der Waals surface area contributed by atoms with E-state index in [0.29, 0.717) is 12.8 Å². The summed E-state index contributed by atoms with van der Waals surface area (Å²) >= 11 is 0. The minimum atomic E-state index is -4.38. The van der Waals surface area contributed by atoms with Crippen LogP contribution in [0.4, 0.5) is 0 Å². The second-order valence-electron chi connectivity index (χ2n) is 15.6. The van der Waals surface area contributed by atoms with E-state index in [4.69, 9.17) is 24.3 Å². The molecule has 0 radical (unpaired) electrons. The van der Waals surface area contributed by atoms with Crippen molar-refractivity contribution in [1.29, 1.82) is 0 Å². The van der Waals surface area contributed by atoms with E-state index < -0.39 is 32.5 Å². The van der Waals surface area contributed by atoms with Crippen molar-refractivity contribution in [3.05, 3.63) is 36.5 Å². The number of allylic oxidation sites excluding steroid dienone is 6. The first-order valence-electron chi connectivity index (χ1n) is 23.5. The summed E-state index contributed by atoms with van der Waals surface area (Å²) in [7, 11) is -4.38. The normalized spacial score (nSPS) is 13.5. The van der Waals surface area contributed by atoms with Gasteiger partial charge in [-0.2, -0.15) is 0 Å². The first-order valence-corrected chi connectivity index (χ1v) is 25.0. The molecule has 0 saturated carbocycles. The fourth-order valence-electron chi connectivity index (χ4n) is 6.52. The summed E-state index contributed by atoms with van der Waals surface area (Å²) in [4.78, 5) is 34.9. The van der Waals surface area contributed by atoms with Crippen LogP contribution in [0.2, 0.25) is 0 Å². The van der Waals surface area contributed by atoms with Gasteiger partial charge < -0.3 is 20.1 Å². The zero-order valence-electron chi connectivity index (χ0n) is 36.8. The minimum Gasteiger partial charge on any atom is -0.462 e. The fraction of sp³-hybridized carbons (Fsp3) is 0.830. The number of ether oxygens (including phenoxy) is 2. The highest BCUT2D eigenvalue weighted by Crippen LogP contribution is 2.43. The Balaban J connectivity index is 4.10. The highest BCUT2D eigenvalue weighted by atomic mass is 31.2. The molecule has 0 aliphatic heterocycles. The molecule has 0 fully saturated rings. The fourth-order valence-corrected chi connectivity index (χ4v) is 7.29. The number of rotatable bonds is 44. The molecule has 1 unspecified atom stereocenters. The second-order valence-corrected chi connectivity index (χ2v) is 17.1. The number of nitrogens with two attached hydrogens (primary N) is 1. The van der Waals surface area contributed by atoms with Gasteiger partial charge in [0.05, 0.1) is 13.2 Å². The van der Waals surface area contributed by atoms with E-state index in [1.165, 1.54) is 135 Å². The number of phosphoric ester groups is 1. The molecule has 0 aliphatic rings. The molecule has 0 aliphatic carbocycles. The Hall–Kier alpha value is -1.77. The SMILES string of the molecule is CCCCC/C=C/C/C=C/C/C=C/CCCCC(=O)OC[C@H](COP(=O)(O)OCCN)OC(=O)CCCCCCCCCCCCCCCCCCCCCCC. The lowest BCUT2D eigenvalue weighted by molar-refractivity contribution is -0.161. The third-order valence-corrected chi connectivity index (χ3v) is 11.0. The maximum atomic E-state index is 12.6. The van der Waals surface area contributed by atoms with Crippen molar-refractivity contribution in [2.75, 3.05) is 26.4 Å². The van der Waals surface area contributed by atoms with Gasteiger partial charge in [-0.1, -0.05) is 192 Å². The molecular formula is C47H88NO8P. The third-order valence-electron chi connectivity index (χ3n) is 10.0. The lowest BCUT2D eigenvalue weighted by atomic mass is 10.0. The molecule has 334 valence electrons. The standard InChI is InChI=1S/C47H88NO8P/c1-3-5-7-9-11-13-15-17-19-20-21-22-23-24-26-28-30-32-34-36-38-40-47(50)56-45(44-55-57(51,52)54-42-41-48)43-53-46(49)39-37-35-33-31-29-27-25-18-16-14-12-10-8-6-4-2/h12,14,18,25,29,31,45H,3-11,13,15-17,19-24,26-28,30,32-44,48H2,1-2H3,(H,51,52)/b14-12+,25-18+,31-29+/t45-/m1/s1. The average molecular weight is 826 g/mol. The van der Waals surface area contributed by atoms with Gasteiger partial charge in [0, 0.05) is 19.4 Å². The van der Waals surface area contributed by atoms with Crippen LogP contribution in [0.1, 0.15) is 219 Å². The van der Waals surface area contributed by atoms with Crippen LogP contribution in [0.5, 0.6) is 0 Å². The van der Waals surface area contributed by atoms with E-state index in [9.17, 15) is 19.0 Å². The molecule has 2 atom stereocenters. The molecule has 0 rings (SSSR count). The summed E-state index contributed by atoms with van der Waals surface area (Å²) in [6, 6.07) is 0. The highest BCUT2D eigenvalue weighted by molar-refractivity contribution is 7.47. The molecule has 0 aromatic rings. The van der Waals surface area contributed by atoms with E-state index in [2.05, 4.69) is 50.3 Å². The number of phosphoric acid groups is 1. The number of carbonyl (C=O) groups excluding carboxylic acids is 2. The van der Waals surface area contributed by atoms with Crippen LogP contribution in [-0.4, -0.2) is 49.3 Å². The number of hydrogen-bond acceptors (Lipinski definition) is 8. The predicted molar refractivity (Wildman–Crippen MR) is 238 cm³/mol. The Kier molecular flexibility index (Phi) is 42.4. The van der Waals surface area contributed by atoms with Gasteiger partial charge in [0.1, 0.15) is 6.61 Å². The highest BCUT2D eigenvalue weighted by Gasteiger charge is 2.26. The van der Waals surface area contributed by atoms with Crippen molar-refractivity contribution in [2.24, 2.45) is 5.73 Å². The maximum Gasteiger partial charge on any atom is 0.472 e.